The number of benzene rings is 1. The Labute approximate surface area is 131 Å². The van der Waals surface area contributed by atoms with Gasteiger partial charge in [0.1, 0.15) is 4.33 Å². The van der Waals surface area contributed by atoms with Gasteiger partial charge >= 0.3 is 0 Å². The molecular weight excluding hydrogens is 313 g/mol. The number of thiophene rings is 1. The van der Waals surface area contributed by atoms with E-state index in [0.717, 1.165) is 17.7 Å². The highest BCUT2D eigenvalue weighted by atomic mass is 35.5. The van der Waals surface area contributed by atoms with E-state index in [1.54, 1.807) is 6.07 Å². The zero-order chi connectivity index (χ0) is 14.4. The lowest BCUT2D eigenvalue weighted by Gasteiger charge is -2.13. The predicted octanol–water partition coefficient (Wildman–Crippen LogP) is 4.84. The first-order chi connectivity index (χ1) is 9.42. The lowest BCUT2D eigenvalue weighted by molar-refractivity contribution is 0.103. The van der Waals surface area contributed by atoms with Gasteiger partial charge in [0.25, 0.3) is 5.91 Å². The number of amides is 1. The lowest BCUT2D eigenvalue weighted by atomic mass is 9.98. The average molecular weight is 326 g/mol. The molecule has 0 saturated heterocycles. The van der Waals surface area contributed by atoms with Crippen molar-refractivity contribution in [3.05, 3.63) is 52.2 Å². The molecule has 0 radical (unpaired) electrons. The summed E-state index contributed by atoms with van der Waals surface area (Å²) in [5.41, 5.74) is 1.68. The maximum Gasteiger partial charge on any atom is 0.265 e. The van der Waals surface area contributed by atoms with Crippen LogP contribution in [0.5, 0.6) is 0 Å². The van der Waals surface area contributed by atoms with Gasteiger partial charge in [-0.05, 0) is 35.6 Å². The van der Waals surface area contributed by atoms with Gasteiger partial charge in [0.15, 0.2) is 0 Å². The van der Waals surface area contributed by atoms with E-state index in [1.807, 2.05) is 42.6 Å². The van der Waals surface area contributed by atoms with Gasteiger partial charge in [-0.15, -0.1) is 34.5 Å². The molecule has 0 unspecified atom stereocenters. The van der Waals surface area contributed by atoms with E-state index in [4.69, 9.17) is 23.2 Å². The molecule has 20 heavy (non-hydrogen) atoms. The third-order valence-electron chi connectivity index (χ3n) is 3.78. The normalized spacial score (nSPS) is 23.4. The van der Waals surface area contributed by atoms with Crippen LogP contribution in [0, 0.1) is 0 Å². The number of carbonyl (C=O) groups is 1. The summed E-state index contributed by atoms with van der Waals surface area (Å²) in [7, 11) is 0. The molecule has 0 spiro atoms. The molecule has 1 N–H and O–H groups in total. The molecule has 1 atom stereocenters. The van der Waals surface area contributed by atoms with Crippen LogP contribution in [-0.2, 0) is 5.41 Å². The molecule has 1 aliphatic carbocycles. The summed E-state index contributed by atoms with van der Waals surface area (Å²) in [6, 6.07) is 11.4. The summed E-state index contributed by atoms with van der Waals surface area (Å²) < 4.78 is -0.672. The lowest BCUT2D eigenvalue weighted by Crippen LogP contribution is -2.12. The van der Waals surface area contributed by atoms with Crippen molar-refractivity contribution < 1.29 is 4.79 Å². The molecule has 2 aromatic rings. The molecule has 1 saturated carbocycles. The van der Waals surface area contributed by atoms with E-state index in [-0.39, 0.29) is 11.3 Å². The topological polar surface area (TPSA) is 29.1 Å². The number of alkyl halides is 2. The summed E-state index contributed by atoms with van der Waals surface area (Å²) in [5.74, 6) is -0.0885. The molecule has 0 aliphatic heterocycles. The maximum atomic E-state index is 11.9. The van der Waals surface area contributed by atoms with Crippen LogP contribution in [0.15, 0.2) is 41.8 Å². The fraction of sp³-hybridized carbons (Fsp3) is 0.267. The van der Waals surface area contributed by atoms with Gasteiger partial charge < -0.3 is 5.32 Å². The van der Waals surface area contributed by atoms with Crippen LogP contribution in [0.3, 0.4) is 0 Å². The first-order valence-electron chi connectivity index (χ1n) is 6.26. The minimum absolute atomic E-state index is 0.0885. The number of nitrogens with one attached hydrogen (secondary N) is 1. The second-order valence-corrected chi connectivity index (χ2v) is 7.65. The summed E-state index contributed by atoms with van der Waals surface area (Å²) >= 11 is 13.8. The number of anilines is 1. The summed E-state index contributed by atoms with van der Waals surface area (Å²) in [6.07, 6.45) is 0.754. The monoisotopic (exact) mass is 325 g/mol. The molecule has 5 heteroatoms. The minimum atomic E-state index is -0.672. The van der Waals surface area contributed by atoms with E-state index in [9.17, 15) is 4.79 Å². The average Bonchev–Trinajstić information content (AvgIpc) is 2.83. The van der Waals surface area contributed by atoms with Gasteiger partial charge in [0.05, 0.1) is 4.88 Å². The number of halogens is 2. The van der Waals surface area contributed by atoms with Crippen LogP contribution < -0.4 is 5.32 Å². The summed E-state index contributed by atoms with van der Waals surface area (Å²) in [4.78, 5) is 12.6. The smallest absolute Gasteiger partial charge is 0.265 e. The molecule has 104 valence electrons. The molecular formula is C15H13Cl2NOS. The zero-order valence-electron chi connectivity index (χ0n) is 10.8. The Hall–Kier alpha value is -1.03. The third kappa shape index (κ3) is 2.34. The van der Waals surface area contributed by atoms with Crippen molar-refractivity contribution in [1.82, 2.24) is 0 Å². The predicted molar refractivity (Wildman–Crippen MR) is 85.1 cm³/mol. The van der Waals surface area contributed by atoms with Crippen molar-refractivity contribution in [1.29, 1.82) is 0 Å². The molecule has 1 aromatic heterocycles. The van der Waals surface area contributed by atoms with Crippen LogP contribution in [0.1, 0.15) is 28.6 Å². The summed E-state index contributed by atoms with van der Waals surface area (Å²) in [5, 5.41) is 4.75. The number of hydrogen-bond donors (Lipinski definition) is 1. The van der Waals surface area contributed by atoms with Crippen molar-refractivity contribution in [3.8, 4) is 0 Å². The second kappa shape index (κ2) is 4.76. The Bertz CT molecular complexity index is 636. The van der Waals surface area contributed by atoms with E-state index in [0.29, 0.717) is 4.88 Å². The Morgan fingerprint density at radius 3 is 2.40 bits per heavy atom. The molecule has 1 aliphatic rings. The van der Waals surface area contributed by atoms with Crippen molar-refractivity contribution in [2.45, 2.75) is 23.1 Å². The van der Waals surface area contributed by atoms with Crippen LogP contribution in [0.4, 0.5) is 5.69 Å². The van der Waals surface area contributed by atoms with Crippen LogP contribution in [0.2, 0.25) is 0 Å². The van der Waals surface area contributed by atoms with E-state index in [2.05, 4.69) is 5.32 Å². The van der Waals surface area contributed by atoms with Crippen molar-refractivity contribution in [2.24, 2.45) is 0 Å². The van der Waals surface area contributed by atoms with Gasteiger partial charge in [-0.1, -0.05) is 25.1 Å². The summed E-state index contributed by atoms with van der Waals surface area (Å²) in [6.45, 7) is 2.05. The first kappa shape index (κ1) is 13.9. The molecule has 3 rings (SSSR count). The molecule has 1 aromatic carbocycles. The van der Waals surface area contributed by atoms with Gasteiger partial charge in [0.2, 0.25) is 0 Å². The second-order valence-electron chi connectivity index (χ2n) is 5.22. The molecule has 1 amide bonds. The highest BCUT2D eigenvalue weighted by molar-refractivity contribution is 7.12. The van der Waals surface area contributed by atoms with Gasteiger partial charge in [-0.3, -0.25) is 4.79 Å². The maximum absolute atomic E-state index is 11.9. The Morgan fingerprint density at radius 2 is 1.90 bits per heavy atom. The third-order valence-corrected chi connectivity index (χ3v) is 5.75. The van der Waals surface area contributed by atoms with Gasteiger partial charge in [0, 0.05) is 11.1 Å². The molecule has 0 bridgehead atoms. The Morgan fingerprint density at radius 1 is 1.25 bits per heavy atom. The van der Waals surface area contributed by atoms with E-state index < -0.39 is 4.33 Å². The number of carbonyl (C=O) groups excluding carboxylic acids is 1. The highest BCUT2D eigenvalue weighted by Crippen LogP contribution is 2.64. The van der Waals surface area contributed by atoms with Crippen LogP contribution in [0.25, 0.3) is 0 Å². The van der Waals surface area contributed by atoms with Crippen molar-refractivity contribution in [2.75, 3.05) is 5.32 Å². The van der Waals surface area contributed by atoms with Crippen molar-refractivity contribution in [3.63, 3.8) is 0 Å². The number of hydrogen-bond acceptors (Lipinski definition) is 2. The standard InChI is InChI=1S/C15H13Cl2NOS/c1-14(9-15(14,16)17)10-4-6-11(7-5-10)18-13(19)12-3-2-8-20-12/h2-8H,9H2,1H3,(H,18,19)/t14-/m1/s1. The first-order valence-corrected chi connectivity index (χ1v) is 7.89. The minimum Gasteiger partial charge on any atom is -0.321 e. The van der Waals surface area contributed by atoms with E-state index in [1.165, 1.54) is 11.3 Å². The number of rotatable bonds is 3. The van der Waals surface area contributed by atoms with Crippen molar-refractivity contribution >= 4 is 46.1 Å². The fourth-order valence-electron chi connectivity index (χ4n) is 2.23. The SMILES string of the molecule is C[C@]1(c2ccc(NC(=O)c3cccs3)cc2)CC1(Cl)Cl. The van der Waals surface area contributed by atoms with Gasteiger partial charge in [-0.25, -0.2) is 0 Å². The van der Waals surface area contributed by atoms with E-state index >= 15 is 0 Å². The van der Waals surface area contributed by atoms with Gasteiger partial charge in [-0.2, -0.15) is 0 Å². The van der Waals surface area contributed by atoms with Crippen LogP contribution in [-0.4, -0.2) is 10.2 Å². The fourth-order valence-corrected chi connectivity index (χ4v) is 3.61. The molecule has 1 fully saturated rings. The highest BCUT2D eigenvalue weighted by Gasteiger charge is 2.63. The van der Waals surface area contributed by atoms with Crippen LogP contribution >= 0.6 is 34.5 Å². The zero-order valence-corrected chi connectivity index (χ0v) is 13.1. The molecule has 1 heterocycles. The Kier molecular flexibility index (Phi) is 3.32. The Balaban J connectivity index is 1.73. The largest absolute Gasteiger partial charge is 0.321 e. The molecule has 2 nitrogen and oxygen atoms in total. The quantitative estimate of drug-likeness (QED) is 0.804.